The van der Waals surface area contributed by atoms with Crippen molar-refractivity contribution in [3.05, 3.63) is 40.0 Å². The molecule has 0 saturated heterocycles. The van der Waals surface area contributed by atoms with Crippen LogP contribution in [-0.2, 0) is 6.42 Å². The molecule has 0 unspecified atom stereocenters. The van der Waals surface area contributed by atoms with Gasteiger partial charge in [-0.15, -0.1) is 0 Å². The van der Waals surface area contributed by atoms with E-state index in [4.69, 9.17) is 0 Å². The van der Waals surface area contributed by atoms with Gasteiger partial charge in [0.05, 0.1) is 11.4 Å². The highest BCUT2D eigenvalue weighted by Crippen LogP contribution is 2.13. The molecule has 0 fully saturated rings. The lowest BCUT2D eigenvalue weighted by atomic mass is 10.3. The van der Waals surface area contributed by atoms with E-state index in [1.165, 1.54) is 0 Å². The van der Waals surface area contributed by atoms with Gasteiger partial charge in [0.1, 0.15) is 3.70 Å². The lowest BCUT2D eigenvalue weighted by Crippen LogP contribution is -1.98. The topological polar surface area (TPSA) is 30.7 Å². The minimum atomic E-state index is 0.966. The number of rotatable bonds is 2. The zero-order valence-electron chi connectivity index (χ0n) is 7.81. The Hall–Kier alpha value is -0.910. The summed E-state index contributed by atoms with van der Waals surface area (Å²) in [4.78, 5) is 3.98. The fourth-order valence-electron chi connectivity index (χ4n) is 1.24. The number of pyridine rings is 1. The summed E-state index contributed by atoms with van der Waals surface area (Å²) >= 11 is 2.29. The van der Waals surface area contributed by atoms with E-state index in [1.54, 1.807) is 12.4 Å². The van der Waals surface area contributed by atoms with Gasteiger partial charge in [-0.2, -0.15) is 5.10 Å². The SMILES string of the molecule is CCc1cc(I)n(-c2ccncc2)n1. The molecule has 2 rings (SSSR count). The maximum atomic E-state index is 4.48. The van der Waals surface area contributed by atoms with E-state index in [2.05, 4.69) is 45.7 Å². The Balaban J connectivity index is 2.46. The number of aromatic nitrogens is 3. The van der Waals surface area contributed by atoms with Gasteiger partial charge in [0.25, 0.3) is 0 Å². The van der Waals surface area contributed by atoms with E-state index in [0.717, 1.165) is 21.5 Å². The zero-order valence-corrected chi connectivity index (χ0v) is 9.97. The van der Waals surface area contributed by atoms with Crippen molar-refractivity contribution in [2.24, 2.45) is 0 Å². The molecule has 14 heavy (non-hydrogen) atoms. The van der Waals surface area contributed by atoms with Crippen LogP contribution in [0, 0.1) is 3.70 Å². The minimum absolute atomic E-state index is 0.966. The van der Waals surface area contributed by atoms with Gasteiger partial charge in [0.2, 0.25) is 0 Å². The van der Waals surface area contributed by atoms with Crippen molar-refractivity contribution in [1.29, 1.82) is 0 Å². The van der Waals surface area contributed by atoms with E-state index in [1.807, 2.05) is 16.8 Å². The van der Waals surface area contributed by atoms with Crippen LogP contribution in [0.4, 0.5) is 0 Å². The zero-order chi connectivity index (χ0) is 9.97. The van der Waals surface area contributed by atoms with E-state index < -0.39 is 0 Å². The van der Waals surface area contributed by atoms with Crippen LogP contribution in [-0.4, -0.2) is 14.8 Å². The van der Waals surface area contributed by atoms with Crippen LogP contribution in [0.3, 0.4) is 0 Å². The summed E-state index contributed by atoms with van der Waals surface area (Å²) in [5.41, 5.74) is 2.18. The first-order valence-corrected chi connectivity index (χ1v) is 5.54. The Morgan fingerprint density at radius 3 is 2.64 bits per heavy atom. The van der Waals surface area contributed by atoms with Gasteiger partial charge in [0.15, 0.2) is 0 Å². The third-order valence-corrected chi connectivity index (χ3v) is 2.75. The summed E-state index contributed by atoms with van der Waals surface area (Å²) in [7, 11) is 0. The van der Waals surface area contributed by atoms with Gasteiger partial charge in [0, 0.05) is 12.4 Å². The lowest BCUT2D eigenvalue weighted by molar-refractivity contribution is 0.824. The van der Waals surface area contributed by atoms with E-state index in [9.17, 15) is 0 Å². The number of nitrogens with zero attached hydrogens (tertiary/aromatic N) is 3. The highest BCUT2D eigenvalue weighted by atomic mass is 127. The molecular weight excluding hydrogens is 289 g/mol. The third kappa shape index (κ3) is 1.79. The average molecular weight is 299 g/mol. The summed E-state index contributed by atoms with van der Waals surface area (Å²) in [5.74, 6) is 0. The quantitative estimate of drug-likeness (QED) is 0.797. The largest absolute Gasteiger partial charge is 0.265 e. The van der Waals surface area contributed by atoms with Crippen molar-refractivity contribution in [2.45, 2.75) is 13.3 Å². The fourth-order valence-corrected chi connectivity index (χ4v) is 1.99. The molecular formula is C10H10IN3. The minimum Gasteiger partial charge on any atom is -0.265 e. The maximum Gasteiger partial charge on any atom is 0.105 e. The second-order valence-electron chi connectivity index (χ2n) is 2.93. The fraction of sp³-hybridized carbons (Fsp3) is 0.200. The van der Waals surface area contributed by atoms with Crippen molar-refractivity contribution >= 4 is 22.6 Å². The first kappa shape index (κ1) is 9.64. The summed E-state index contributed by atoms with van der Waals surface area (Å²) in [6, 6.07) is 6.00. The highest BCUT2D eigenvalue weighted by molar-refractivity contribution is 14.1. The average Bonchev–Trinajstić information content (AvgIpc) is 2.61. The van der Waals surface area contributed by atoms with E-state index in [-0.39, 0.29) is 0 Å². The molecule has 0 amide bonds. The number of halogens is 1. The molecule has 3 nitrogen and oxygen atoms in total. The molecule has 0 aliphatic heterocycles. The van der Waals surface area contributed by atoms with Crippen LogP contribution in [0.1, 0.15) is 12.6 Å². The summed E-state index contributed by atoms with van der Waals surface area (Å²) in [5, 5.41) is 4.48. The Morgan fingerprint density at radius 2 is 2.07 bits per heavy atom. The van der Waals surface area contributed by atoms with E-state index >= 15 is 0 Å². The Kier molecular flexibility index (Phi) is 2.81. The first-order valence-electron chi connectivity index (χ1n) is 4.46. The molecule has 0 radical (unpaired) electrons. The van der Waals surface area contributed by atoms with Crippen molar-refractivity contribution in [1.82, 2.24) is 14.8 Å². The van der Waals surface area contributed by atoms with Gasteiger partial charge in [-0.1, -0.05) is 6.92 Å². The molecule has 0 atom stereocenters. The lowest BCUT2D eigenvalue weighted by Gasteiger charge is -2.01. The molecule has 0 aliphatic carbocycles. The summed E-state index contributed by atoms with van der Waals surface area (Å²) < 4.78 is 3.06. The molecule has 4 heteroatoms. The molecule has 0 spiro atoms. The van der Waals surface area contributed by atoms with Gasteiger partial charge >= 0.3 is 0 Å². The maximum absolute atomic E-state index is 4.48. The Morgan fingerprint density at radius 1 is 1.36 bits per heavy atom. The van der Waals surface area contributed by atoms with Crippen molar-refractivity contribution in [2.75, 3.05) is 0 Å². The van der Waals surface area contributed by atoms with Crippen molar-refractivity contribution in [3.8, 4) is 5.69 Å². The van der Waals surface area contributed by atoms with Gasteiger partial charge in [-0.05, 0) is 47.2 Å². The molecule has 2 aromatic rings. The molecule has 0 N–H and O–H groups in total. The Bertz CT molecular complexity index is 422. The standard InChI is InChI=1S/C10H10IN3/c1-2-8-7-10(11)14(13-8)9-3-5-12-6-4-9/h3-7H,2H2,1H3. The van der Waals surface area contributed by atoms with Crippen LogP contribution in [0.25, 0.3) is 5.69 Å². The highest BCUT2D eigenvalue weighted by Gasteiger charge is 2.04. The predicted molar refractivity (Wildman–Crippen MR) is 63.5 cm³/mol. The Labute approximate surface area is 96.3 Å². The van der Waals surface area contributed by atoms with Gasteiger partial charge < -0.3 is 0 Å². The number of hydrogen-bond acceptors (Lipinski definition) is 2. The van der Waals surface area contributed by atoms with Crippen LogP contribution in [0.5, 0.6) is 0 Å². The van der Waals surface area contributed by atoms with Crippen LogP contribution >= 0.6 is 22.6 Å². The normalized spacial score (nSPS) is 10.4. The van der Waals surface area contributed by atoms with Crippen LogP contribution in [0.2, 0.25) is 0 Å². The molecule has 72 valence electrons. The summed E-state index contributed by atoms with van der Waals surface area (Å²) in [6.07, 6.45) is 4.52. The summed E-state index contributed by atoms with van der Waals surface area (Å²) in [6.45, 7) is 2.11. The van der Waals surface area contributed by atoms with Crippen molar-refractivity contribution in [3.63, 3.8) is 0 Å². The molecule has 0 aliphatic rings. The first-order chi connectivity index (χ1) is 6.81. The van der Waals surface area contributed by atoms with Crippen LogP contribution < -0.4 is 0 Å². The number of hydrogen-bond donors (Lipinski definition) is 0. The van der Waals surface area contributed by atoms with Gasteiger partial charge in [-0.3, -0.25) is 4.98 Å². The van der Waals surface area contributed by atoms with E-state index in [0.29, 0.717) is 0 Å². The second-order valence-corrected chi connectivity index (χ2v) is 4.03. The van der Waals surface area contributed by atoms with Crippen LogP contribution in [0.15, 0.2) is 30.6 Å². The molecule has 2 aromatic heterocycles. The smallest absolute Gasteiger partial charge is 0.105 e. The molecule has 0 aromatic carbocycles. The predicted octanol–water partition coefficient (Wildman–Crippen LogP) is 2.43. The second kappa shape index (κ2) is 4.08. The third-order valence-electron chi connectivity index (χ3n) is 1.99. The monoisotopic (exact) mass is 299 g/mol. The molecule has 2 heterocycles. The molecule has 0 bridgehead atoms. The number of aryl methyl sites for hydroxylation is 1. The molecule has 0 saturated carbocycles. The van der Waals surface area contributed by atoms with Gasteiger partial charge in [-0.25, -0.2) is 4.68 Å². The van der Waals surface area contributed by atoms with Crippen molar-refractivity contribution < 1.29 is 0 Å².